The lowest BCUT2D eigenvalue weighted by molar-refractivity contribution is 0.0426. The number of rotatable bonds is 5. The molecule has 0 saturated carbocycles. The molecule has 1 fully saturated rings. The first-order chi connectivity index (χ1) is 13.1. The second kappa shape index (κ2) is 7.39. The number of hydrogen-bond acceptors (Lipinski definition) is 4. The van der Waals surface area contributed by atoms with Gasteiger partial charge in [0.2, 0.25) is 0 Å². The SMILES string of the molecule is COc1ccccc1OC1CN(C(=O)NCc2ccc3c(c2)C[C@@H](C)O3)C1. The van der Waals surface area contributed by atoms with Gasteiger partial charge in [0, 0.05) is 13.0 Å². The van der Waals surface area contributed by atoms with E-state index in [1.165, 1.54) is 5.56 Å². The Labute approximate surface area is 159 Å². The Balaban J connectivity index is 1.25. The van der Waals surface area contributed by atoms with Gasteiger partial charge in [0.25, 0.3) is 0 Å². The van der Waals surface area contributed by atoms with Gasteiger partial charge in [0.15, 0.2) is 11.5 Å². The van der Waals surface area contributed by atoms with Crippen molar-refractivity contribution in [3.8, 4) is 17.2 Å². The lowest BCUT2D eigenvalue weighted by Crippen LogP contribution is -2.58. The molecule has 6 heteroatoms. The second-order valence-corrected chi connectivity index (χ2v) is 7.03. The third kappa shape index (κ3) is 3.79. The number of methoxy groups -OCH3 is 1. The number of nitrogens with zero attached hydrogens (tertiary/aromatic N) is 1. The Morgan fingerprint density at radius 3 is 2.78 bits per heavy atom. The zero-order valence-corrected chi connectivity index (χ0v) is 15.6. The highest BCUT2D eigenvalue weighted by Gasteiger charge is 2.32. The molecule has 4 rings (SSSR count). The summed E-state index contributed by atoms with van der Waals surface area (Å²) >= 11 is 0. The van der Waals surface area contributed by atoms with E-state index in [-0.39, 0.29) is 18.2 Å². The minimum atomic E-state index is -0.0695. The molecule has 0 spiro atoms. The molecule has 142 valence electrons. The molecule has 2 aromatic rings. The molecular formula is C21H24N2O4. The average molecular weight is 368 g/mol. The van der Waals surface area contributed by atoms with Crippen LogP contribution in [0.1, 0.15) is 18.1 Å². The summed E-state index contributed by atoms with van der Waals surface area (Å²) < 4.78 is 16.9. The van der Waals surface area contributed by atoms with Gasteiger partial charge in [-0.15, -0.1) is 0 Å². The number of benzene rings is 2. The summed E-state index contributed by atoms with van der Waals surface area (Å²) in [5, 5.41) is 2.98. The van der Waals surface area contributed by atoms with Crippen LogP contribution in [0.15, 0.2) is 42.5 Å². The Bertz CT molecular complexity index is 833. The minimum Gasteiger partial charge on any atom is -0.493 e. The monoisotopic (exact) mass is 368 g/mol. The van der Waals surface area contributed by atoms with Crippen molar-refractivity contribution in [2.24, 2.45) is 0 Å². The van der Waals surface area contributed by atoms with Crippen molar-refractivity contribution < 1.29 is 19.0 Å². The van der Waals surface area contributed by atoms with E-state index < -0.39 is 0 Å². The summed E-state index contributed by atoms with van der Waals surface area (Å²) in [6.45, 7) is 3.71. The summed E-state index contributed by atoms with van der Waals surface area (Å²) in [6.07, 6.45) is 1.14. The van der Waals surface area contributed by atoms with Gasteiger partial charge < -0.3 is 24.4 Å². The van der Waals surface area contributed by atoms with E-state index in [9.17, 15) is 4.79 Å². The van der Waals surface area contributed by atoms with E-state index in [2.05, 4.69) is 18.3 Å². The molecule has 2 heterocycles. The Morgan fingerprint density at radius 2 is 2.00 bits per heavy atom. The summed E-state index contributed by atoms with van der Waals surface area (Å²) in [4.78, 5) is 14.1. The van der Waals surface area contributed by atoms with Crippen LogP contribution < -0.4 is 19.5 Å². The van der Waals surface area contributed by atoms with Crippen LogP contribution in [0.25, 0.3) is 0 Å². The van der Waals surface area contributed by atoms with Crippen molar-refractivity contribution in [1.82, 2.24) is 10.2 Å². The third-order valence-corrected chi connectivity index (χ3v) is 4.90. The highest BCUT2D eigenvalue weighted by atomic mass is 16.5. The molecule has 6 nitrogen and oxygen atoms in total. The molecule has 2 aliphatic rings. The van der Waals surface area contributed by atoms with Gasteiger partial charge in [-0.3, -0.25) is 0 Å². The lowest BCUT2D eigenvalue weighted by atomic mass is 10.1. The number of carbonyl (C=O) groups is 1. The van der Waals surface area contributed by atoms with Crippen LogP contribution in [0.4, 0.5) is 4.79 Å². The Hall–Kier alpha value is -2.89. The Morgan fingerprint density at radius 1 is 1.22 bits per heavy atom. The fourth-order valence-corrected chi connectivity index (χ4v) is 3.45. The smallest absolute Gasteiger partial charge is 0.317 e. The van der Waals surface area contributed by atoms with E-state index >= 15 is 0 Å². The summed E-state index contributed by atoms with van der Waals surface area (Å²) in [5.74, 6) is 2.37. The fraction of sp³-hybridized carbons (Fsp3) is 0.381. The van der Waals surface area contributed by atoms with Crippen molar-refractivity contribution >= 4 is 6.03 Å². The molecule has 0 radical (unpaired) electrons. The molecule has 0 aliphatic carbocycles. The normalized spacial score (nSPS) is 18.3. The number of ether oxygens (including phenoxy) is 3. The summed E-state index contributed by atoms with van der Waals surface area (Å²) in [5.41, 5.74) is 2.30. The average Bonchev–Trinajstić information content (AvgIpc) is 3.01. The zero-order chi connectivity index (χ0) is 18.8. The van der Waals surface area contributed by atoms with Crippen LogP contribution in [0.3, 0.4) is 0 Å². The molecule has 2 amide bonds. The van der Waals surface area contributed by atoms with Crippen molar-refractivity contribution in [2.75, 3.05) is 20.2 Å². The molecular weight excluding hydrogens is 344 g/mol. The molecule has 0 aromatic heterocycles. The number of nitrogens with one attached hydrogen (secondary N) is 1. The van der Waals surface area contributed by atoms with Gasteiger partial charge in [0.05, 0.1) is 20.2 Å². The number of fused-ring (bicyclic) bond motifs is 1. The van der Waals surface area contributed by atoms with E-state index in [0.29, 0.717) is 31.1 Å². The second-order valence-electron chi connectivity index (χ2n) is 7.03. The first-order valence-corrected chi connectivity index (χ1v) is 9.23. The third-order valence-electron chi connectivity index (χ3n) is 4.90. The highest BCUT2D eigenvalue weighted by molar-refractivity contribution is 5.75. The van der Waals surface area contributed by atoms with Crippen LogP contribution in [0.5, 0.6) is 17.2 Å². The molecule has 2 aromatic carbocycles. The van der Waals surface area contributed by atoms with Gasteiger partial charge in [-0.25, -0.2) is 4.79 Å². The van der Waals surface area contributed by atoms with E-state index in [0.717, 1.165) is 17.7 Å². The molecule has 1 N–H and O–H groups in total. The van der Waals surface area contributed by atoms with Crippen LogP contribution >= 0.6 is 0 Å². The highest BCUT2D eigenvalue weighted by Crippen LogP contribution is 2.30. The topological polar surface area (TPSA) is 60.0 Å². The maximum atomic E-state index is 12.3. The van der Waals surface area contributed by atoms with E-state index in [1.807, 2.05) is 36.4 Å². The summed E-state index contributed by atoms with van der Waals surface area (Å²) in [6, 6.07) is 13.6. The van der Waals surface area contributed by atoms with Gasteiger partial charge >= 0.3 is 6.03 Å². The fourth-order valence-electron chi connectivity index (χ4n) is 3.45. The quantitative estimate of drug-likeness (QED) is 0.881. The van der Waals surface area contributed by atoms with Crippen LogP contribution in [0, 0.1) is 0 Å². The van der Waals surface area contributed by atoms with Crippen LogP contribution in [-0.4, -0.2) is 43.3 Å². The van der Waals surface area contributed by atoms with Gasteiger partial charge in [-0.2, -0.15) is 0 Å². The van der Waals surface area contributed by atoms with E-state index in [1.54, 1.807) is 12.0 Å². The number of amides is 2. The predicted octanol–water partition coefficient (Wildman–Crippen LogP) is 2.99. The van der Waals surface area contributed by atoms with Gasteiger partial charge in [-0.1, -0.05) is 24.3 Å². The molecule has 1 saturated heterocycles. The largest absolute Gasteiger partial charge is 0.493 e. The molecule has 0 unspecified atom stereocenters. The first kappa shape index (κ1) is 17.5. The predicted molar refractivity (Wildman–Crippen MR) is 101 cm³/mol. The maximum Gasteiger partial charge on any atom is 0.317 e. The van der Waals surface area contributed by atoms with Crippen molar-refractivity contribution in [1.29, 1.82) is 0 Å². The zero-order valence-electron chi connectivity index (χ0n) is 15.6. The van der Waals surface area contributed by atoms with Crippen LogP contribution in [0.2, 0.25) is 0 Å². The molecule has 27 heavy (non-hydrogen) atoms. The van der Waals surface area contributed by atoms with Crippen molar-refractivity contribution in [2.45, 2.75) is 32.1 Å². The van der Waals surface area contributed by atoms with Gasteiger partial charge in [0.1, 0.15) is 18.0 Å². The summed E-state index contributed by atoms with van der Waals surface area (Å²) in [7, 11) is 1.62. The number of urea groups is 1. The Kier molecular flexibility index (Phi) is 4.79. The van der Waals surface area contributed by atoms with E-state index in [4.69, 9.17) is 14.2 Å². The van der Waals surface area contributed by atoms with Gasteiger partial charge in [-0.05, 0) is 36.2 Å². The minimum absolute atomic E-state index is 0.00863. The molecule has 0 bridgehead atoms. The lowest BCUT2D eigenvalue weighted by Gasteiger charge is -2.39. The van der Waals surface area contributed by atoms with Crippen molar-refractivity contribution in [3.05, 3.63) is 53.6 Å². The number of carbonyl (C=O) groups excluding carboxylic acids is 1. The number of likely N-dealkylation sites (tertiary alicyclic amines) is 1. The van der Waals surface area contributed by atoms with Crippen molar-refractivity contribution in [3.63, 3.8) is 0 Å². The number of para-hydroxylation sites is 2. The standard InChI is InChI=1S/C21H24N2O4/c1-14-9-16-10-15(7-8-18(16)26-14)11-22-21(24)23-12-17(13-23)27-20-6-4-3-5-19(20)25-2/h3-8,10,14,17H,9,11-13H2,1-2H3,(H,22,24)/t14-/m1/s1. The molecule has 1 atom stereocenters. The first-order valence-electron chi connectivity index (χ1n) is 9.23. The molecule has 2 aliphatic heterocycles. The maximum absolute atomic E-state index is 12.3. The van der Waals surface area contributed by atoms with Crippen LogP contribution in [-0.2, 0) is 13.0 Å². The number of hydrogen-bond donors (Lipinski definition) is 1.